The van der Waals surface area contributed by atoms with Crippen LogP contribution in [0.5, 0.6) is 0 Å². The third kappa shape index (κ3) is 3.93. The molecule has 0 saturated heterocycles. The minimum absolute atomic E-state index is 0.105. The zero-order chi connectivity index (χ0) is 22.2. The van der Waals surface area contributed by atoms with Crippen molar-refractivity contribution in [2.24, 2.45) is 34.5 Å². The molecule has 3 heteroatoms. The summed E-state index contributed by atoms with van der Waals surface area (Å²) in [5.74, 6) is 3.11. The van der Waals surface area contributed by atoms with E-state index in [4.69, 9.17) is 0 Å². The van der Waals surface area contributed by atoms with Crippen LogP contribution in [-0.2, 0) is 9.59 Å². The fourth-order valence-corrected chi connectivity index (χ4v) is 8.52. The van der Waals surface area contributed by atoms with E-state index >= 15 is 0 Å². The third-order valence-corrected chi connectivity index (χ3v) is 10.3. The highest BCUT2D eigenvalue weighted by molar-refractivity contribution is 5.89. The first kappa shape index (κ1) is 23.1. The quantitative estimate of drug-likeness (QED) is 0.411. The van der Waals surface area contributed by atoms with Crippen LogP contribution in [0, 0.1) is 34.5 Å². The second-order valence-corrected chi connectivity index (χ2v) is 11.8. The second-order valence-electron chi connectivity index (χ2n) is 11.8. The van der Waals surface area contributed by atoms with Gasteiger partial charge in [0.05, 0.1) is 0 Å². The van der Waals surface area contributed by atoms with Gasteiger partial charge in [0.15, 0.2) is 0 Å². The number of carbonyl (C=O) groups excluding carboxylic acids is 2. The molecule has 0 N–H and O–H groups in total. The lowest BCUT2D eigenvalue weighted by Crippen LogP contribution is -2.59. The van der Waals surface area contributed by atoms with Crippen molar-refractivity contribution >= 4 is 11.7 Å². The number of carbonyl (C=O) groups is 2. The molecule has 0 aromatic heterocycles. The number of fused-ring (bicyclic) bond motifs is 5. The summed E-state index contributed by atoms with van der Waals surface area (Å²) in [6.45, 7) is 7.13. The Bertz CT molecular complexity index is 714. The predicted molar refractivity (Wildman–Crippen MR) is 127 cm³/mol. The molecule has 3 nitrogen and oxygen atoms in total. The van der Waals surface area contributed by atoms with Crippen LogP contribution < -0.4 is 0 Å². The fourth-order valence-electron chi connectivity index (χ4n) is 8.52. The molecule has 1 aliphatic heterocycles. The Kier molecular flexibility index (Phi) is 6.71. The van der Waals surface area contributed by atoms with Gasteiger partial charge in [0, 0.05) is 30.8 Å². The summed E-state index contributed by atoms with van der Waals surface area (Å²) in [7, 11) is 1.99. The van der Waals surface area contributed by atoms with Gasteiger partial charge in [-0.1, -0.05) is 59.0 Å². The summed E-state index contributed by atoms with van der Waals surface area (Å²) < 4.78 is 0. The molecule has 2 unspecified atom stereocenters. The van der Waals surface area contributed by atoms with Crippen LogP contribution >= 0.6 is 0 Å². The summed E-state index contributed by atoms with van der Waals surface area (Å²) in [5.41, 5.74) is 0.317. The number of amides is 1. The minimum Gasteiger partial charge on any atom is -0.338 e. The van der Waals surface area contributed by atoms with E-state index in [0.717, 1.165) is 31.6 Å². The van der Waals surface area contributed by atoms with Crippen molar-refractivity contribution in [1.82, 2.24) is 4.90 Å². The molecule has 0 bridgehead atoms. The van der Waals surface area contributed by atoms with Crippen LogP contribution in [0.3, 0.4) is 0 Å². The summed E-state index contributed by atoms with van der Waals surface area (Å²) >= 11 is 0. The summed E-state index contributed by atoms with van der Waals surface area (Å²) in [5, 5.41) is 0. The Morgan fingerprint density at radius 3 is 2.52 bits per heavy atom. The normalized spacial score (nSPS) is 41.6. The molecule has 3 aliphatic carbocycles. The standard InChI is InChI=1S/C28H45NO2/c1-5-6-7-8-9-10-11-24(30)23-14-13-21-20-12-15-25-28(3,19-17-26(31)29(25)4)22(20)16-18-27(21,23)2/h17,19-23,25H,5-16,18H2,1-4H3/t20-,21-,22+,23?,25?,27-,28+/m0/s1. The van der Waals surface area contributed by atoms with Gasteiger partial charge in [-0.3, -0.25) is 9.59 Å². The molecule has 1 heterocycles. The maximum atomic E-state index is 13.3. The summed E-state index contributed by atoms with van der Waals surface area (Å²) in [6.07, 6.45) is 19.6. The number of hydrogen-bond donors (Lipinski definition) is 0. The molecule has 3 fully saturated rings. The maximum Gasteiger partial charge on any atom is 0.246 e. The average Bonchev–Trinajstić information content (AvgIpc) is 3.11. The molecule has 0 radical (unpaired) electrons. The van der Waals surface area contributed by atoms with Crippen molar-refractivity contribution < 1.29 is 9.59 Å². The van der Waals surface area contributed by atoms with Gasteiger partial charge in [0.1, 0.15) is 5.78 Å². The number of nitrogens with zero attached hydrogens (tertiary/aromatic N) is 1. The average molecular weight is 428 g/mol. The lowest BCUT2D eigenvalue weighted by Gasteiger charge is -2.60. The molecule has 0 aromatic carbocycles. The zero-order valence-corrected chi connectivity index (χ0v) is 20.5. The first-order valence-electron chi connectivity index (χ1n) is 13.3. The Hall–Kier alpha value is -1.12. The monoisotopic (exact) mass is 427 g/mol. The van der Waals surface area contributed by atoms with E-state index in [1.54, 1.807) is 0 Å². The van der Waals surface area contributed by atoms with E-state index in [2.05, 4.69) is 26.8 Å². The number of rotatable bonds is 8. The Balaban J connectivity index is 1.41. The fraction of sp³-hybridized carbons (Fsp3) is 0.857. The lowest BCUT2D eigenvalue weighted by atomic mass is 9.47. The first-order chi connectivity index (χ1) is 14.8. The van der Waals surface area contributed by atoms with Crippen LogP contribution in [-0.4, -0.2) is 29.7 Å². The van der Waals surface area contributed by atoms with Crippen molar-refractivity contribution in [2.75, 3.05) is 7.05 Å². The molecular formula is C28H45NO2. The highest BCUT2D eigenvalue weighted by Gasteiger charge is 2.61. The Morgan fingerprint density at radius 1 is 1.00 bits per heavy atom. The van der Waals surface area contributed by atoms with Crippen molar-refractivity contribution in [3.8, 4) is 0 Å². The second kappa shape index (κ2) is 9.02. The third-order valence-electron chi connectivity index (χ3n) is 10.3. The van der Waals surface area contributed by atoms with E-state index in [9.17, 15) is 9.59 Å². The van der Waals surface area contributed by atoms with Crippen molar-refractivity contribution in [3.63, 3.8) is 0 Å². The van der Waals surface area contributed by atoms with Crippen LogP contribution in [0.4, 0.5) is 0 Å². The number of hydrogen-bond acceptors (Lipinski definition) is 2. The largest absolute Gasteiger partial charge is 0.338 e. The molecule has 0 spiro atoms. The Morgan fingerprint density at radius 2 is 1.74 bits per heavy atom. The van der Waals surface area contributed by atoms with Crippen molar-refractivity contribution in [2.45, 2.75) is 110 Å². The Labute approximate surface area is 190 Å². The number of unbranched alkanes of at least 4 members (excludes halogenated alkanes) is 5. The molecular weight excluding hydrogens is 382 g/mol. The maximum absolute atomic E-state index is 13.3. The van der Waals surface area contributed by atoms with E-state index < -0.39 is 0 Å². The first-order valence-corrected chi connectivity index (χ1v) is 13.3. The van der Waals surface area contributed by atoms with E-state index in [1.807, 2.05) is 18.0 Å². The number of Topliss-reactive ketones (excluding diaryl/α,β-unsaturated/α-hetero) is 1. The van der Waals surface area contributed by atoms with E-state index in [1.165, 1.54) is 57.8 Å². The number of likely N-dealkylation sites (N-methyl/N-ethyl adjacent to an activating group) is 1. The summed E-state index contributed by atoms with van der Waals surface area (Å²) in [6, 6.07) is 0.349. The highest BCUT2D eigenvalue weighted by atomic mass is 16.2. The van der Waals surface area contributed by atoms with Gasteiger partial charge in [-0.05, 0) is 74.2 Å². The lowest BCUT2D eigenvalue weighted by molar-refractivity contribution is -0.141. The van der Waals surface area contributed by atoms with Crippen LogP contribution in [0.15, 0.2) is 12.2 Å². The van der Waals surface area contributed by atoms with Crippen LogP contribution in [0.1, 0.15) is 104 Å². The van der Waals surface area contributed by atoms with Gasteiger partial charge in [-0.2, -0.15) is 0 Å². The molecule has 4 rings (SSSR count). The zero-order valence-electron chi connectivity index (χ0n) is 20.5. The molecule has 174 valence electrons. The molecule has 3 saturated carbocycles. The van der Waals surface area contributed by atoms with Crippen LogP contribution in [0.25, 0.3) is 0 Å². The van der Waals surface area contributed by atoms with Gasteiger partial charge < -0.3 is 4.90 Å². The SMILES string of the molecule is CCCCCCCCC(=O)C1CC[C@H]2[C@@H]3CCC4N(C)C(=O)C=C[C@]4(C)[C@@H]3CC[C@]12C. The predicted octanol–water partition coefficient (Wildman–Crippen LogP) is 6.56. The van der Waals surface area contributed by atoms with Gasteiger partial charge in [-0.15, -0.1) is 0 Å². The van der Waals surface area contributed by atoms with E-state index in [0.29, 0.717) is 29.6 Å². The molecule has 31 heavy (non-hydrogen) atoms. The minimum atomic E-state index is 0.105. The smallest absolute Gasteiger partial charge is 0.246 e. The van der Waals surface area contributed by atoms with Crippen molar-refractivity contribution in [3.05, 3.63) is 12.2 Å². The van der Waals surface area contributed by atoms with Gasteiger partial charge in [0.25, 0.3) is 0 Å². The van der Waals surface area contributed by atoms with Gasteiger partial charge in [-0.25, -0.2) is 0 Å². The van der Waals surface area contributed by atoms with Crippen LogP contribution in [0.2, 0.25) is 0 Å². The molecule has 0 aromatic rings. The molecule has 4 aliphatic rings. The summed E-state index contributed by atoms with van der Waals surface area (Å²) in [4.78, 5) is 27.5. The molecule has 7 atom stereocenters. The molecule has 1 amide bonds. The van der Waals surface area contributed by atoms with Gasteiger partial charge in [0.2, 0.25) is 5.91 Å². The topological polar surface area (TPSA) is 37.4 Å². The number of ketones is 1. The van der Waals surface area contributed by atoms with Crippen molar-refractivity contribution in [1.29, 1.82) is 0 Å². The van der Waals surface area contributed by atoms with E-state index in [-0.39, 0.29) is 16.7 Å². The highest BCUT2D eigenvalue weighted by Crippen LogP contribution is 2.65. The van der Waals surface area contributed by atoms with Gasteiger partial charge >= 0.3 is 0 Å².